The van der Waals surface area contributed by atoms with Crippen LogP contribution in [0.5, 0.6) is 0 Å². The quantitative estimate of drug-likeness (QED) is 0.737. The van der Waals surface area contributed by atoms with Gasteiger partial charge in [-0.15, -0.1) is 0 Å². The van der Waals surface area contributed by atoms with Gasteiger partial charge in [0.2, 0.25) is 0 Å². The fraction of sp³-hybridized carbons (Fsp3) is 0.929. The monoisotopic (exact) mass is 254 g/mol. The van der Waals surface area contributed by atoms with Gasteiger partial charge >= 0.3 is 0 Å². The van der Waals surface area contributed by atoms with Crippen LogP contribution in [0.3, 0.4) is 0 Å². The van der Waals surface area contributed by atoms with Gasteiger partial charge in [-0.3, -0.25) is 9.69 Å². The normalized spacial score (nSPS) is 24.3. The molecule has 0 bridgehead atoms. The first kappa shape index (κ1) is 14.0. The number of Topliss-reactive ketones (excluding diaryl/α,β-unsaturated/α-hetero) is 1. The molecule has 0 aromatic rings. The van der Waals surface area contributed by atoms with E-state index in [1.807, 2.05) is 0 Å². The van der Waals surface area contributed by atoms with Gasteiger partial charge in [0.25, 0.3) is 0 Å². The summed E-state index contributed by atoms with van der Waals surface area (Å²) in [5, 5.41) is 0. The van der Waals surface area contributed by atoms with Gasteiger partial charge in [0.15, 0.2) is 5.78 Å². The van der Waals surface area contributed by atoms with Crippen molar-refractivity contribution in [2.45, 2.75) is 38.1 Å². The Kier molecular flexibility index (Phi) is 5.60. The number of ether oxygens (including phenoxy) is 1. The Balaban J connectivity index is 1.69. The number of rotatable bonds is 5. The van der Waals surface area contributed by atoms with Gasteiger partial charge in [0, 0.05) is 26.2 Å². The molecule has 0 atom stereocenters. The molecule has 0 unspecified atom stereocenters. The Bertz CT molecular complexity index is 257. The summed E-state index contributed by atoms with van der Waals surface area (Å²) in [4.78, 5) is 16.5. The molecule has 2 heterocycles. The molecular weight excluding hydrogens is 228 g/mol. The van der Waals surface area contributed by atoms with E-state index in [9.17, 15) is 4.79 Å². The van der Waals surface area contributed by atoms with Crippen molar-refractivity contribution in [2.24, 2.45) is 0 Å². The zero-order valence-corrected chi connectivity index (χ0v) is 11.6. The van der Waals surface area contributed by atoms with Crippen LogP contribution in [-0.4, -0.2) is 68.1 Å². The van der Waals surface area contributed by atoms with Crippen LogP contribution in [0, 0.1) is 0 Å². The lowest BCUT2D eigenvalue weighted by atomic mass is 10.00. The third-order valence-electron chi connectivity index (χ3n) is 4.17. The summed E-state index contributed by atoms with van der Waals surface area (Å²) in [7, 11) is 1.58. The second kappa shape index (κ2) is 7.22. The van der Waals surface area contributed by atoms with Crippen LogP contribution < -0.4 is 0 Å². The molecule has 0 amide bonds. The third-order valence-corrected chi connectivity index (χ3v) is 4.17. The number of hydrogen-bond acceptors (Lipinski definition) is 4. The summed E-state index contributed by atoms with van der Waals surface area (Å²) >= 11 is 0. The highest BCUT2D eigenvalue weighted by molar-refractivity contribution is 5.81. The van der Waals surface area contributed by atoms with E-state index in [0.717, 1.165) is 19.1 Å². The van der Waals surface area contributed by atoms with Gasteiger partial charge in [0.05, 0.1) is 6.54 Å². The minimum Gasteiger partial charge on any atom is -0.377 e. The molecule has 2 fully saturated rings. The largest absolute Gasteiger partial charge is 0.377 e. The lowest BCUT2D eigenvalue weighted by molar-refractivity contribution is -0.124. The van der Waals surface area contributed by atoms with E-state index in [4.69, 9.17) is 4.74 Å². The van der Waals surface area contributed by atoms with Crippen molar-refractivity contribution in [3.8, 4) is 0 Å². The van der Waals surface area contributed by atoms with E-state index >= 15 is 0 Å². The number of nitrogens with zero attached hydrogens (tertiary/aromatic N) is 2. The van der Waals surface area contributed by atoms with Gasteiger partial charge in [-0.1, -0.05) is 6.42 Å². The minimum absolute atomic E-state index is 0.203. The molecule has 0 radical (unpaired) electrons. The van der Waals surface area contributed by atoms with Crippen molar-refractivity contribution in [1.82, 2.24) is 9.80 Å². The average molecular weight is 254 g/mol. The number of carbonyl (C=O) groups excluding carboxylic acids is 1. The maximum Gasteiger partial charge on any atom is 0.172 e. The van der Waals surface area contributed by atoms with Crippen molar-refractivity contribution >= 4 is 5.78 Å². The zero-order chi connectivity index (χ0) is 12.8. The van der Waals surface area contributed by atoms with Crippen LogP contribution in [0.1, 0.15) is 32.1 Å². The fourth-order valence-electron chi connectivity index (χ4n) is 3.18. The molecule has 0 aromatic carbocycles. The smallest absolute Gasteiger partial charge is 0.172 e. The van der Waals surface area contributed by atoms with Crippen LogP contribution in [0.2, 0.25) is 0 Å². The van der Waals surface area contributed by atoms with E-state index in [-0.39, 0.29) is 12.4 Å². The van der Waals surface area contributed by atoms with Gasteiger partial charge in [-0.25, -0.2) is 0 Å². The number of likely N-dealkylation sites (tertiary alicyclic amines) is 2. The molecule has 0 aliphatic carbocycles. The average Bonchev–Trinajstić information content (AvgIpc) is 2.41. The highest BCUT2D eigenvalue weighted by Crippen LogP contribution is 2.20. The van der Waals surface area contributed by atoms with Crippen molar-refractivity contribution in [1.29, 1.82) is 0 Å². The van der Waals surface area contributed by atoms with E-state index in [0.29, 0.717) is 6.54 Å². The zero-order valence-electron chi connectivity index (χ0n) is 11.6. The summed E-state index contributed by atoms with van der Waals surface area (Å²) in [6, 6.07) is 0.763. The lowest BCUT2D eigenvalue weighted by Crippen LogP contribution is -2.47. The molecule has 104 valence electrons. The minimum atomic E-state index is 0.203. The van der Waals surface area contributed by atoms with Gasteiger partial charge in [0.1, 0.15) is 6.61 Å². The van der Waals surface area contributed by atoms with Crippen LogP contribution in [-0.2, 0) is 9.53 Å². The predicted octanol–water partition coefficient (Wildman–Crippen LogP) is 1.15. The molecule has 2 saturated heterocycles. The maximum atomic E-state index is 11.5. The Morgan fingerprint density at radius 3 is 2.39 bits per heavy atom. The molecule has 2 aliphatic rings. The summed E-state index contributed by atoms with van der Waals surface area (Å²) in [6.45, 7) is 5.53. The number of ketones is 1. The number of hydrogen-bond donors (Lipinski definition) is 0. The maximum absolute atomic E-state index is 11.5. The first-order valence-electron chi connectivity index (χ1n) is 7.26. The number of methoxy groups -OCH3 is 1. The predicted molar refractivity (Wildman–Crippen MR) is 71.8 cm³/mol. The van der Waals surface area contributed by atoms with Crippen molar-refractivity contribution < 1.29 is 9.53 Å². The Morgan fingerprint density at radius 2 is 1.78 bits per heavy atom. The van der Waals surface area contributed by atoms with Crippen LogP contribution in [0.15, 0.2) is 0 Å². The van der Waals surface area contributed by atoms with E-state index in [1.165, 1.54) is 45.2 Å². The Morgan fingerprint density at radius 1 is 1.11 bits per heavy atom. The molecule has 0 saturated carbocycles. The van der Waals surface area contributed by atoms with E-state index in [2.05, 4.69) is 9.80 Å². The van der Waals surface area contributed by atoms with Crippen molar-refractivity contribution in [3.05, 3.63) is 0 Å². The standard InChI is InChI=1S/C14H26N2O2/c1-18-12-14(17)11-15-9-5-13(6-10-15)16-7-3-2-4-8-16/h13H,2-12H2,1H3. The summed E-state index contributed by atoms with van der Waals surface area (Å²) in [5.74, 6) is 0.203. The molecule has 0 spiro atoms. The molecule has 0 N–H and O–H groups in total. The molecular formula is C14H26N2O2. The molecule has 18 heavy (non-hydrogen) atoms. The summed E-state index contributed by atoms with van der Waals surface area (Å²) in [6.07, 6.45) is 6.58. The van der Waals surface area contributed by atoms with Crippen LogP contribution in [0.25, 0.3) is 0 Å². The molecule has 2 rings (SSSR count). The van der Waals surface area contributed by atoms with Gasteiger partial charge in [-0.05, 0) is 38.8 Å². The topological polar surface area (TPSA) is 32.8 Å². The summed E-state index contributed by atoms with van der Waals surface area (Å²) in [5.41, 5.74) is 0. The highest BCUT2D eigenvalue weighted by Gasteiger charge is 2.26. The number of carbonyl (C=O) groups is 1. The highest BCUT2D eigenvalue weighted by atomic mass is 16.5. The Hall–Kier alpha value is -0.450. The van der Waals surface area contributed by atoms with E-state index in [1.54, 1.807) is 7.11 Å². The molecule has 0 aromatic heterocycles. The molecule has 4 heteroatoms. The van der Waals surface area contributed by atoms with Crippen LogP contribution >= 0.6 is 0 Å². The van der Waals surface area contributed by atoms with Crippen LogP contribution in [0.4, 0.5) is 0 Å². The van der Waals surface area contributed by atoms with E-state index < -0.39 is 0 Å². The third kappa shape index (κ3) is 4.04. The van der Waals surface area contributed by atoms with Crippen molar-refractivity contribution in [3.63, 3.8) is 0 Å². The first-order chi connectivity index (χ1) is 8.79. The fourth-order valence-corrected chi connectivity index (χ4v) is 3.18. The van der Waals surface area contributed by atoms with Gasteiger partial charge in [-0.2, -0.15) is 0 Å². The Labute approximate surface area is 110 Å². The SMILES string of the molecule is COCC(=O)CN1CCC(N2CCCCC2)CC1. The second-order valence-corrected chi connectivity index (χ2v) is 5.58. The van der Waals surface area contributed by atoms with Crippen molar-refractivity contribution in [2.75, 3.05) is 46.4 Å². The molecule has 4 nitrogen and oxygen atoms in total. The first-order valence-corrected chi connectivity index (χ1v) is 7.26. The summed E-state index contributed by atoms with van der Waals surface area (Å²) < 4.78 is 4.88. The van der Waals surface area contributed by atoms with Gasteiger partial charge < -0.3 is 9.64 Å². The second-order valence-electron chi connectivity index (χ2n) is 5.58. The lowest BCUT2D eigenvalue weighted by Gasteiger charge is -2.40. The number of piperidine rings is 2. The molecule has 2 aliphatic heterocycles.